The first-order valence-electron chi connectivity index (χ1n) is 33.5. The molecule has 0 aromatic heterocycles. The van der Waals surface area contributed by atoms with Gasteiger partial charge in [-0.1, -0.05) is 227 Å². The van der Waals surface area contributed by atoms with Crippen LogP contribution in [-0.2, 0) is 55.8 Å². The van der Waals surface area contributed by atoms with E-state index in [1.807, 2.05) is 0 Å². The molecular weight excluding hydrogens is 1150 g/mol. The lowest BCUT2D eigenvalue weighted by molar-refractivity contribution is -0.161. The standard InChI is InChI=1S/C69H120O16P2/c1-4-7-10-13-16-19-22-24-26-27-28-29-30-31-32-33-34-35-37-39-41-43-46-49-52-55-67(72)79-58-64(70)59-81-86(75,76)82-60-65(71)61-83-87(77,78)84-63-66(85-69(74)57-54-51-48-45-40-21-18-15-12-9-6-3)62-80-68(73)56-53-50-47-44-42-38-36-25-23-20-17-14-11-8-5-2/h8,11,15-20,24-26,28-29,31-32,36,64-66,70-71H,4-7,9-10,12-14,21-23,27,30,33-35,37-63H2,1-3H3,(H,75,76)(H,77,78)/b11-8-,18-15-,19-16-,20-17-,26-24-,29-28-,32-31-,36-25-. The van der Waals surface area contributed by atoms with Crippen molar-refractivity contribution in [2.45, 2.75) is 283 Å². The highest BCUT2D eigenvalue weighted by atomic mass is 31.2. The average molecular weight is 1270 g/mol. The summed E-state index contributed by atoms with van der Waals surface area (Å²) in [7, 11) is -9.77. The molecule has 0 bridgehead atoms. The summed E-state index contributed by atoms with van der Waals surface area (Å²) in [5.41, 5.74) is 0. The Bertz CT molecular complexity index is 1980. The van der Waals surface area contributed by atoms with Gasteiger partial charge in [0.05, 0.1) is 26.4 Å². The average Bonchev–Trinajstić information content (AvgIpc) is 3.54. The number of hydrogen-bond donors (Lipinski definition) is 4. The molecule has 0 aliphatic heterocycles. The number of carbonyl (C=O) groups is 3. The first-order chi connectivity index (χ1) is 42.2. The van der Waals surface area contributed by atoms with Crippen molar-refractivity contribution in [3.8, 4) is 0 Å². The van der Waals surface area contributed by atoms with E-state index in [1.165, 1.54) is 64.2 Å². The summed E-state index contributed by atoms with van der Waals surface area (Å²) < 4.78 is 60.7. The third-order valence-corrected chi connectivity index (χ3v) is 15.7. The number of carbonyl (C=O) groups excluding carboxylic acids is 3. The van der Waals surface area contributed by atoms with Crippen molar-refractivity contribution >= 4 is 33.6 Å². The third kappa shape index (κ3) is 63.8. The van der Waals surface area contributed by atoms with Crippen LogP contribution in [0.5, 0.6) is 0 Å². The van der Waals surface area contributed by atoms with Crippen LogP contribution in [0.3, 0.4) is 0 Å². The van der Waals surface area contributed by atoms with Crippen LogP contribution in [0.1, 0.15) is 265 Å². The second kappa shape index (κ2) is 62.7. The molecule has 0 saturated carbocycles. The van der Waals surface area contributed by atoms with Gasteiger partial charge in [-0.25, -0.2) is 9.13 Å². The number of rotatable bonds is 63. The summed E-state index contributed by atoms with van der Waals surface area (Å²) in [5, 5.41) is 20.5. The molecule has 5 atom stereocenters. The molecule has 0 spiro atoms. The van der Waals surface area contributed by atoms with E-state index in [4.69, 9.17) is 32.3 Å². The predicted octanol–water partition coefficient (Wildman–Crippen LogP) is 18.3. The fraction of sp³-hybridized carbons (Fsp3) is 0.725. The molecule has 0 aromatic rings. The van der Waals surface area contributed by atoms with Gasteiger partial charge in [-0.15, -0.1) is 0 Å². The molecule has 87 heavy (non-hydrogen) atoms. The minimum atomic E-state index is -4.92. The molecule has 0 aliphatic carbocycles. The van der Waals surface area contributed by atoms with Crippen LogP contribution >= 0.6 is 15.6 Å². The van der Waals surface area contributed by atoms with Crippen LogP contribution in [0, 0.1) is 0 Å². The minimum absolute atomic E-state index is 0.0893. The van der Waals surface area contributed by atoms with E-state index in [1.54, 1.807) is 0 Å². The van der Waals surface area contributed by atoms with Crippen LogP contribution in [0.15, 0.2) is 97.2 Å². The molecule has 5 unspecified atom stereocenters. The van der Waals surface area contributed by atoms with Crippen molar-refractivity contribution in [1.82, 2.24) is 0 Å². The number of aliphatic hydroxyl groups is 2. The van der Waals surface area contributed by atoms with Crippen LogP contribution in [0.4, 0.5) is 0 Å². The SMILES string of the molecule is CC/C=C\C/C=C\C/C=C\CCCCCCCC(=O)OCC(COP(=O)(O)OCC(O)COP(=O)(O)OCC(O)COC(=O)CCCCCCCCCCC/C=C\C/C=C\C/C=C\C/C=C\CCCCC)OC(=O)CCCCCCC/C=C\CCCC. The Labute approximate surface area is 527 Å². The summed E-state index contributed by atoms with van der Waals surface area (Å²) >= 11 is 0. The fourth-order valence-corrected chi connectivity index (χ4v) is 10.2. The summed E-state index contributed by atoms with van der Waals surface area (Å²) in [6, 6.07) is 0. The van der Waals surface area contributed by atoms with Crippen LogP contribution < -0.4 is 0 Å². The van der Waals surface area contributed by atoms with Crippen LogP contribution in [0.25, 0.3) is 0 Å². The normalized spacial score (nSPS) is 14.9. The first-order valence-corrected chi connectivity index (χ1v) is 36.5. The Morgan fingerprint density at radius 3 is 1.01 bits per heavy atom. The van der Waals surface area contributed by atoms with Gasteiger partial charge >= 0.3 is 33.6 Å². The number of ether oxygens (including phenoxy) is 3. The highest BCUT2D eigenvalue weighted by Crippen LogP contribution is 2.45. The number of allylic oxidation sites excluding steroid dienone is 16. The molecular formula is C69H120O16P2. The Morgan fingerprint density at radius 2 is 0.621 bits per heavy atom. The van der Waals surface area contributed by atoms with Gasteiger partial charge in [-0.05, 0) is 116 Å². The van der Waals surface area contributed by atoms with Gasteiger partial charge in [0.15, 0.2) is 6.10 Å². The number of aliphatic hydroxyl groups excluding tert-OH is 2. The van der Waals surface area contributed by atoms with E-state index < -0.39 is 91.5 Å². The van der Waals surface area contributed by atoms with Crippen molar-refractivity contribution in [2.24, 2.45) is 0 Å². The Balaban J connectivity index is 4.51. The number of phosphoric acid groups is 2. The fourth-order valence-electron chi connectivity index (χ4n) is 8.61. The molecule has 0 radical (unpaired) electrons. The maximum absolute atomic E-state index is 12.8. The van der Waals surface area contributed by atoms with Gasteiger partial charge in [0, 0.05) is 19.3 Å². The number of phosphoric ester groups is 2. The second-order valence-corrected chi connectivity index (χ2v) is 25.1. The molecule has 0 fully saturated rings. The number of unbranched alkanes of at least 4 members (excludes halogenated alkanes) is 24. The lowest BCUT2D eigenvalue weighted by Crippen LogP contribution is -2.30. The highest BCUT2D eigenvalue weighted by molar-refractivity contribution is 7.47. The van der Waals surface area contributed by atoms with Gasteiger partial charge in [0.25, 0.3) is 0 Å². The molecule has 502 valence electrons. The summed E-state index contributed by atoms with van der Waals surface area (Å²) in [5.74, 6) is -1.61. The van der Waals surface area contributed by atoms with E-state index in [9.17, 15) is 43.5 Å². The minimum Gasteiger partial charge on any atom is -0.463 e. The molecule has 0 aliphatic rings. The van der Waals surface area contributed by atoms with Crippen molar-refractivity contribution in [3.05, 3.63) is 97.2 Å². The Morgan fingerprint density at radius 1 is 0.333 bits per heavy atom. The van der Waals surface area contributed by atoms with Gasteiger partial charge in [-0.2, -0.15) is 0 Å². The smallest absolute Gasteiger partial charge is 0.463 e. The molecule has 0 heterocycles. The Hall–Kier alpha value is -3.53. The van der Waals surface area contributed by atoms with Gasteiger partial charge in [0.1, 0.15) is 25.4 Å². The van der Waals surface area contributed by atoms with Crippen molar-refractivity contribution in [2.75, 3.05) is 39.6 Å². The Kier molecular flexibility index (Phi) is 60.1. The van der Waals surface area contributed by atoms with Gasteiger partial charge in [0.2, 0.25) is 0 Å². The largest absolute Gasteiger partial charge is 0.472 e. The summed E-state index contributed by atoms with van der Waals surface area (Å²) in [6.07, 6.45) is 67.6. The molecule has 4 N–H and O–H groups in total. The van der Waals surface area contributed by atoms with E-state index in [2.05, 4.69) is 118 Å². The zero-order valence-corrected chi connectivity index (χ0v) is 56.0. The van der Waals surface area contributed by atoms with Crippen molar-refractivity contribution in [1.29, 1.82) is 0 Å². The quantitative estimate of drug-likeness (QED) is 0.0146. The zero-order chi connectivity index (χ0) is 63.8. The zero-order valence-electron chi connectivity index (χ0n) is 54.2. The van der Waals surface area contributed by atoms with Crippen molar-refractivity contribution < 1.29 is 75.8 Å². The second-order valence-electron chi connectivity index (χ2n) is 22.2. The molecule has 18 heteroatoms. The van der Waals surface area contributed by atoms with Gasteiger partial charge in [-0.3, -0.25) is 32.5 Å². The van der Waals surface area contributed by atoms with E-state index in [0.717, 1.165) is 141 Å². The van der Waals surface area contributed by atoms with E-state index in [0.29, 0.717) is 19.3 Å². The van der Waals surface area contributed by atoms with Gasteiger partial charge < -0.3 is 34.2 Å². The third-order valence-electron chi connectivity index (χ3n) is 13.8. The number of esters is 3. The predicted molar refractivity (Wildman–Crippen MR) is 353 cm³/mol. The lowest BCUT2D eigenvalue weighted by atomic mass is 10.1. The lowest BCUT2D eigenvalue weighted by Gasteiger charge is -2.21. The number of hydrogen-bond acceptors (Lipinski definition) is 14. The topological polar surface area (TPSA) is 231 Å². The van der Waals surface area contributed by atoms with E-state index in [-0.39, 0.29) is 19.3 Å². The molecule has 0 rings (SSSR count). The summed E-state index contributed by atoms with van der Waals surface area (Å²) in [4.78, 5) is 58.2. The van der Waals surface area contributed by atoms with Crippen LogP contribution in [-0.4, -0.2) is 95.9 Å². The van der Waals surface area contributed by atoms with E-state index >= 15 is 0 Å². The molecule has 0 amide bonds. The maximum Gasteiger partial charge on any atom is 0.472 e. The maximum atomic E-state index is 12.8. The summed E-state index contributed by atoms with van der Waals surface area (Å²) in [6.45, 7) is 2.44. The molecule has 0 saturated heterocycles. The molecule has 16 nitrogen and oxygen atoms in total. The molecule has 0 aromatic carbocycles. The first kappa shape index (κ1) is 83.5. The highest BCUT2D eigenvalue weighted by Gasteiger charge is 2.29. The van der Waals surface area contributed by atoms with Crippen molar-refractivity contribution in [3.63, 3.8) is 0 Å². The van der Waals surface area contributed by atoms with Crippen LogP contribution in [0.2, 0.25) is 0 Å². The monoisotopic (exact) mass is 1270 g/mol.